The molecule has 0 unspecified atom stereocenters. The van der Waals surface area contributed by atoms with E-state index in [2.05, 4.69) is 10.4 Å². The summed E-state index contributed by atoms with van der Waals surface area (Å²) >= 11 is 0. The van der Waals surface area contributed by atoms with Gasteiger partial charge in [-0.15, -0.1) is 0 Å². The van der Waals surface area contributed by atoms with Gasteiger partial charge in [0, 0.05) is 17.7 Å². The number of aromatic hydroxyl groups is 1. The van der Waals surface area contributed by atoms with Gasteiger partial charge >= 0.3 is 17.5 Å². The molecular formula is C13H16N4O6. The molecule has 0 radical (unpaired) electrons. The van der Waals surface area contributed by atoms with E-state index in [1.54, 1.807) is 13.8 Å². The second-order valence-corrected chi connectivity index (χ2v) is 4.68. The van der Waals surface area contributed by atoms with Crippen molar-refractivity contribution >= 4 is 23.7 Å². The Labute approximate surface area is 131 Å². The number of carbonyl (C=O) groups excluding carboxylic acids is 2. The summed E-state index contributed by atoms with van der Waals surface area (Å²) in [4.78, 5) is 32.8. The fourth-order valence-electron chi connectivity index (χ4n) is 1.53. The molecule has 1 aromatic rings. The Bertz CT molecular complexity index is 656. The van der Waals surface area contributed by atoms with Gasteiger partial charge < -0.3 is 15.2 Å². The molecule has 0 saturated carbocycles. The first-order chi connectivity index (χ1) is 10.8. The van der Waals surface area contributed by atoms with Gasteiger partial charge in [0.15, 0.2) is 5.75 Å². The number of hydrogen-bond donors (Lipinski definition) is 3. The summed E-state index contributed by atoms with van der Waals surface area (Å²) in [6, 6.07) is 2.12. The van der Waals surface area contributed by atoms with Crippen molar-refractivity contribution in [1.82, 2.24) is 10.7 Å². The van der Waals surface area contributed by atoms with E-state index in [0.29, 0.717) is 0 Å². The van der Waals surface area contributed by atoms with Crippen LogP contribution in [-0.2, 0) is 9.59 Å². The van der Waals surface area contributed by atoms with Crippen LogP contribution in [0.25, 0.3) is 0 Å². The third-order valence-electron chi connectivity index (χ3n) is 2.50. The van der Waals surface area contributed by atoms with Gasteiger partial charge in [-0.2, -0.15) is 5.10 Å². The smallest absolute Gasteiger partial charge is 0.329 e. The molecule has 10 nitrogen and oxygen atoms in total. The second-order valence-electron chi connectivity index (χ2n) is 4.68. The molecule has 0 heterocycles. The molecule has 124 valence electrons. The number of carbonyl (C=O) groups is 2. The van der Waals surface area contributed by atoms with Crippen LogP contribution in [0.3, 0.4) is 0 Å². The highest BCUT2D eigenvalue weighted by molar-refractivity contribution is 6.35. The van der Waals surface area contributed by atoms with E-state index >= 15 is 0 Å². The van der Waals surface area contributed by atoms with E-state index in [-0.39, 0.29) is 17.4 Å². The highest BCUT2D eigenvalue weighted by Gasteiger charge is 2.19. The molecule has 0 aliphatic carbocycles. The molecule has 0 saturated heterocycles. The van der Waals surface area contributed by atoms with Gasteiger partial charge in [-0.25, -0.2) is 5.43 Å². The van der Waals surface area contributed by atoms with Gasteiger partial charge in [-0.05, 0) is 19.9 Å². The first-order valence-corrected chi connectivity index (χ1v) is 6.45. The summed E-state index contributed by atoms with van der Waals surface area (Å²) in [7, 11) is 1.23. The van der Waals surface area contributed by atoms with Gasteiger partial charge in [-0.1, -0.05) is 0 Å². The third-order valence-corrected chi connectivity index (χ3v) is 2.50. The summed E-state index contributed by atoms with van der Waals surface area (Å²) in [5.41, 5.74) is 1.60. The van der Waals surface area contributed by atoms with Gasteiger partial charge in [0.1, 0.15) is 0 Å². The number of hydrazone groups is 1. The van der Waals surface area contributed by atoms with Crippen LogP contribution >= 0.6 is 0 Å². The van der Waals surface area contributed by atoms with Crippen LogP contribution < -0.4 is 15.5 Å². The molecule has 10 heteroatoms. The maximum Gasteiger partial charge on any atom is 0.329 e. The lowest BCUT2D eigenvalue weighted by molar-refractivity contribution is -0.386. The zero-order valence-corrected chi connectivity index (χ0v) is 12.7. The maximum absolute atomic E-state index is 11.4. The predicted octanol–water partition coefficient (Wildman–Crippen LogP) is 0.284. The van der Waals surface area contributed by atoms with Crippen LogP contribution in [0.5, 0.6) is 11.5 Å². The van der Waals surface area contributed by atoms with Gasteiger partial charge in [0.2, 0.25) is 5.75 Å². The van der Waals surface area contributed by atoms with Gasteiger partial charge in [0.25, 0.3) is 0 Å². The third kappa shape index (κ3) is 4.95. The number of nitrogens with one attached hydrogen (secondary N) is 2. The number of rotatable bonds is 5. The largest absolute Gasteiger partial charge is 0.500 e. The summed E-state index contributed by atoms with van der Waals surface area (Å²) in [5.74, 6) is -2.57. The molecule has 1 aromatic carbocycles. The Morgan fingerprint density at radius 2 is 2.04 bits per heavy atom. The zero-order chi connectivity index (χ0) is 17.6. The van der Waals surface area contributed by atoms with Crippen LogP contribution in [-0.4, -0.2) is 41.2 Å². The Hall–Kier alpha value is -3.17. The Kier molecular flexibility index (Phi) is 6.01. The molecule has 0 aliphatic heterocycles. The lowest BCUT2D eigenvalue weighted by Gasteiger charge is -2.06. The van der Waals surface area contributed by atoms with Crippen LogP contribution in [0.1, 0.15) is 19.4 Å². The van der Waals surface area contributed by atoms with Crippen LogP contribution in [0.4, 0.5) is 5.69 Å². The van der Waals surface area contributed by atoms with Crippen LogP contribution in [0, 0.1) is 10.1 Å². The lowest BCUT2D eigenvalue weighted by Crippen LogP contribution is -2.41. The lowest BCUT2D eigenvalue weighted by atomic mass is 10.2. The number of nitro benzene ring substituents is 1. The summed E-state index contributed by atoms with van der Waals surface area (Å²) in [6.45, 7) is 3.38. The molecule has 1 rings (SSSR count). The average molecular weight is 324 g/mol. The van der Waals surface area contributed by atoms with Crippen molar-refractivity contribution in [2.24, 2.45) is 5.10 Å². The van der Waals surface area contributed by atoms with E-state index in [4.69, 9.17) is 4.74 Å². The van der Waals surface area contributed by atoms with Crippen molar-refractivity contribution in [3.05, 3.63) is 27.8 Å². The molecule has 0 bridgehead atoms. The number of benzene rings is 1. The normalized spacial score (nSPS) is 10.6. The van der Waals surface area contributed by atoms with Gasteiger partial charge in [0.05, 0.1) is 18.2 Å². The second kappa shape index (κ2) is 7.73. The molecular weight excluding hydrogens is 308 g/mol. The minimum Gasteiger partial charge on any atom is -0.500 e. The number of phenols is 1. The van der Waals surface area contributed by atoms with Crippen molar-refractivity contribution in [3.8, 4) is 11.5 Å². The van der Waals surface area contributed by atoms with E-state index in [0.717, 1.165) is 12.3 Å². The van der Waals surface area contributed by atoms with Crippen molar-refractivity contribution in [2.75, 3.05) is 7.11 Å². The SMILES string of the molecule is COc1cc(/C=N\NC(=O)C(=O)NC(C)C)cc([N+](=O)[O-])c1O. The van der Waals surface area contributed by atoms with Crippen molar-refractivity contribution in [1.29, 1.82) is 0 Å². The minimum absolute atomic E-state index is 0.121. The topological polar surface area (TPSA) is 143 Å². The number of phenolic OH excluding ortho intramolecular Hbond substituents is 1. The number of methoxy groups -OCH3 is 1. The Morgan fingerprint density at radius 1 is 1.39 bits per heavy atom. The molecule has 23 heavy (non-hydrogen) atoms. The Morgan fingerprint density at radius 3 is 2.57 bits per heavy atom. The number of nitrogens with zero attached hydrogens (tertiary/aromatic N) is 2. The average Bonchev–Trinajstić information content (AvgIpc) is 2.47. The highest BCUT2D eigenvalue weighted by atomic mass is 16.6. The summed E-state index contributed by atoms with van der Waals surface area (Å²) in [6.07, 6.45) is 1.08. The molecule has 0 fully saturated rings. The van der Waals surface area contributed by atoms with E-state index in [1.165, 1.54) is 13.2 Å². The fraction of sp³-hybridized carbons (Fsp3) is 0.308. The highest BCUT2D eigenvalue weighted by Crippen LogP contribution is 2.36. The van der Waals surface area contributed by atoms with Crippen LogP contribution in [0.2, 0.25) is 0 Å². The first kappa shape index (κ1) is 17.9. The van der Waals surface area contributed by atoms with Gasteiger partial charge in [-0.3, -0.25) is 19.7 Å². The Balaban J connectivity index is 2.88. The molecule has 0 spiro atoms. The van der Waals surface area contributed by atoms with Crippen molar-refractivity contribution < 1.29 is 24.4 Å². The van der Waals surface area contributed by atoms with Crippen LogP contribution in [0.15, 0.2) is 17.2 Å². The molecule has 0 aliphatic rings. The monoisotopic (exact) mass is 324 g/mol. The molecule has 0 aromatic heterocycles. The molecule has 3 N–H and O–H groups in total. The predicted molar refractivity (Wildman–Crippen MR) is 80.3 cm³/mol. The molecule has 2 amide bonds. The standard InChI is InChI=1S/C13H16N4O6/c1-7(2)15-12(19)13(20)16-14-6-8-4-9(17(21)22)11(18)10(5-8)23-3/h4-7,18H,1-3H3,(H,15,19)(H,16,20)/b14-6-. The number of hydrogen-bond acceptors (Lipinski definition) is 7. The minimum atomic E-state index is -0.977. The quantitative estimate of drug-likeness (QED) is 0.307. The summed E-state index contributed by atoms with van der Waals surface area (Å²) < 4.78 is 4.82. The number of nitro groups is 1. The molecule has 0 atom stereocenters. The van der Waals surface area contributed by atoms with Crippen molar-refractivity contribution in [2.45, 2.75) is 19.9 Å². The summed E-state index contributed by atoms with van der Waals surface area (Å²) in [5, 5.41) is 26.4. The number of amides is 2. The van der Waals surface area contributed by atoms with E-state index in [1.807, 2.05) is 5.43 Å². The first-order valence-electron chi connectivity index (χ1n) is 6.45. The van der Waals surface area contributed by atoms with E-state index < -0.39 is 28.2 Å². The maximum atomic E-state index is 11.4. The van der Waals surface area contributed by atoms with Crippen molar-refractivity contribution in [3.63, 3.8) is 0 Å². The zero-order valence-electron chi connectivity index (χ0n) is 12.7. The number of ether oxygens (including phenoxy) is 1. The van der Waals surface area contributed by atoms with E-state index in [9.17, 15) is 24.8 Å². The fourth-order valence-corrected chi connectivity index (χ4v) is 1.53.